The molecule has 1 rings (SSSR count). The van der Waals surface area contributed by atoms with E-state index in [9.17, 15) is 0 Å². The molecule has 1 aromatic rings. The fourth-order valence-electron chi connectivity index (χ4n) is 1.09. The van der Waals surface area contributed by atoms with E-state index in [4.69, 9.17) is 0 Å². The van der Waals surface area contributed by atoms with Crippen LogP contribution in [0.4, 0.5) is 0 Å². The summed E-state index contributed by atoms with van der Waals surface area (Å²) in [4.78, 5) is 4.25. The molecule has 0 bridgehead atoms. The van der Waals surface area contributed by atoms with Gasteiger partial charge in [-0.1, -0.05) is 32.6 Å². The fraction of sp³-hybridized carbons (Fsp3) is 0.308. The number of aromatic nitrogens is 1. The monoisotopic (exact) mass is 189 g/mol. The summed E-state index contributed by atoms with van der Waals surface area (Å²) < 4.78 is 0. The summed E-state index contributed by atoms with van der Waals surface area (Å²) in [6.45, 7) is 11.7. The first kappa shape index (κ1) is 12.6. The van der Waals surface area contributed by atoms with Crippen LogP contribution in [0.5, 0.6) is 0 Å². The lowest BCUT2D eigenvalue weighted by molar-refractivity contribution is 1.23. The van der Waals surface area contributed by atoms with Crippen LogP contribution in [0.2, 0.25) is 0 Å². The van der Waals surface area contributed by atoms with Crippen molar-refractivity contribution in [2.24, 2.45) is 0 Å². The number of aryl methyl sites for hydroxylation is 1. The van der Waals surface area contributed by atoms with Gasteiger partial charge >= 0.3 is 0 Å². The molecule has 0 spiro atoms. The second kappa shape index (κ2) is 7.07. The van der Waals surface area contributed by atoms with Crippen molar-refractivity contribution in [3.63, 3.8) is 0 Å². The Labute approximate surface area is 87.2 Å². The van der Waals surface area contributed by atoms with Gasteiger partial charge in [0.2, 0.25) is 0 Å². The van der Waals surface area contributed by atoms with Crippen molar-refractivity contribution < 1.29 is 0 Å². The number of nitrogens with zero attached hydrogens (tertiary/aromatic N) is 1. The second-order valence-electron chi connectivity index (χ2n) is 2.69. The minimum absolute atomic E-state index is 0.943. The molecule has 76 valence electrons. The van der Waals surface area contributed by atoms with Crippen molar-refractivity contribution in [2.75, 3.05) is 0 Å². The SMILES string of the molecule is C=Cc1ncc(C)cc1/C=C\C.CC. The first-order valence-corrected chi connectivity index (χ1v) is 4.99. The van der Waals surface area contributed by atoms with E-state index in [1.54, 1.807) is 6.08 Å². The van der Waals surface area contributed by atoms with E-state index in [0.717, 1.165) is 11.3 Å². The number of allylic oxidation sites excluding steroid dienone is 1. The second-order valence-corrected chi connectivity index (χ2v) is 2.69. The van der Waals surface area contributed by atoms with E-state index in [1.807, 2.05) is 46.0 Å². The van der Waals surface area contributed by atoms with Gasteiger partial charge in [0, 0.05) is 11.8 Å². The molecule has 0 N–H and O–H groups in total. The molecule has 0 saturated heterocycles. The first-order valence-electron chi connectivity index (χ1n) is 4.99. The lowest BCUT2D eigenvalue weighted by Gasteiger charge is -2.00. The zero-order valence-electron chi connectivity index (χ0n) is 9.54. The van der Waals surface area contributed by atoms with Crippen molar-refractivity contribution in [3.05, 3.63) is 41.7 Å². The summed E-state index contributed by atoms with van der Waals surface area (Å²) in [5.41, 5.74) is 3.25. The highest BCUT2D eigenvalue weighted by Crippen LogP contribution is 2.11. The van der Waals surface area contributed by atoms with E-state index in [2.05, 4.69) is 17.6 Å². The summed E-state index contributed by atoms with van der Waals surface area (Å²) in [7, 11) is 0. The van der Waals surface area contributed by atoms with E-state index in [-0.39, 0.29) is 0 Å². The van der Waals surface area contributed by atoms with Gasteiger partial charge in [-0.3, -0.25) is 4.98 Å². The molecule has 0 unspecified atom stereocenters. The van der Waals surface area contributed by atoms with Gasteiger partial charge in [0.05, 0.1) is 5.69 Å². The molecule has 0 aliphatic rings. The van der Waals surface area contributed by atoms with Gasteiger partial charge in [0.1, 0.15) is 0 Å². The van der Waals surface area contributed by atoms with E-state index in [0.29, 0.717) is 0 Å². The van der Waals surface area contributed by atoms with Gasteiger partial charge in [0.15, 0.2) is 0 Å². The molecule has 0 aliphatic heterocycles. The van der Waals surface area contributed by atoms with Gasteiger partial charge in [0.25, 0.3) is 0 Å². The normalized spacial score (nSPS) is 9.43. The lowest BCUT2D eigenvalue weighted by atomic mass is 10.1. The molecule has 0 radical (unpaired) electrons. The van der Waals surface area contributed by atoms with E-state index in [1.165, 1.54) is 5.56 Å². The van der Waals surface area contributed by atoms with Crippen LogP contribution in [0.15, 0.2) is 24.9 Å². The Bertz CT molecular complexity index is 311. The molecule has 1 nitrogen and oxygen atoms in total. The zero-order valence-corrected chi connectivity index (χ0v) is 9.54. The molecule has 14 heavy (non-hydrogen) atoms. The average molecular weight is 189 g/mol. The summed E-state index contributed by atoms with van der Waals surface area (Å²) >= 11 is 0. The average Bonchev–Trinajstić information content (AvgIpc) is 2.22. The lowest BCUT2D eigenvalue weighted by Crippen LogP contribution is -1.87. The van der Waals surface area contributed by atoms with Crippen LogP contribution in [0.3, 0.4) is 0 Å². The summed E-state index contributed by atoms with van der Waals surface area (Å²) in [6, 6.07) is 2.10. The Hall–Kier alpha value is -1.37. The van der Waals surface area contributed by atoms with Crippen LogP contribution in [0, 0.1) is 6.92 Å². The van der Waals surface area contributed by atoms with Gasteiger partial charge in [-0.25, -0.2) is 0 Å². The molecule has 0 aliphatic carbocycles. The Morgan fingerprint density at radius 3 is 2.50 bits per heavy atom. The number of pyridine rings is 1. The molecular weight excluding hydrogens is 170 g/mol. The summed E-state index contributed by atoms with van der Waals surface area (Å²) in [5, 5.41) is 0. The maximum absolute atomic E-state index is 4.25. The Morgan fingerprint density at radius 1 is 1.36 bits per heavy atom. The maximum atomic E-state index is 4.25. The van der Waals surface area contributed by atoms with Crippen molar-refractivity contribution in [3.8, 4) is 0 Å². The molecule has 0 saturated carbocycles. The van der Waals surface area contributed by atoms with Crippen LogP contribution in [0.1, 0.15) is 37.6 Å². The zero-order chi connectivity index (χ0) is 11.0. The predicted octanol–water partition coefficient (Wildman–Crippen LogP) is 4.09. The van der Waals surface area contributed by atoms with Crippen LogP contribution in [-0.4, -0.2) is 4.98 Å². The molecule has 0 atom stereocenters. The quantitative estimate of drug-likeness (QED) is 0.682. The van der Waals surface area contributed by atoms with Crippen LogP contribution < -0.4 is 0 Å². The van der Waals surface area contributed by atoms with Crippen LogP contribution >= 0.6 is 0 Å². The number of rotatable bonds is 2. The van der Waals surface area contributed by atoms with Gasteiger partial charge in [-0.15, -0.1) is 0 Å². The van der Waals surface area contributed by atoms with Crippen molar-refractivity contribution in [2.45, 2.75) is 27.7 Å². The Kier molecular flexibility index (Phi) is 6.38. The molecule has 0 fully saturated rings. The largest absolute Gasteiger partial charge is 0.256 e. The number of hydrogen-bond donors (Lipinski definition) is 0. The van der Waals surface area contributed by atoms with Gasteiger partial charge in [-0.05, 0) is 31.6 Å². The molecular formula is C13H19N. The third-order valence-electron chi connectivity index (χ3n) is 1.63. The topological polar surface area (TPSA) is 12.9 Å². The van der Waals surface area contributed by atoms with Crippen molar-refractivity contribution in [1.29, 1.82) is 0 Å². The Morgan fingerprint density at radius 2 is 2.00 bits per heavy atom. The predicted molar refractivity (Wildman–Crippen MR) is 65.1 cm³/mol. The highest BCUT2D eigenvalue weighted by molar-refractivity contribution is 5.61. The molecule has 1 heteroatoms. The summed E-state index contributed by atoms with van der Waals surface area (Å²) in [6.07, 6.45) is 7.67. The minimum Gasteiger partial charge on any atom is -0.256 e. The van der Waals surface area contributed by atoms with Crippen molar-refractivity contribution >= 4 is 12.2 Å². The molecule has 1 heterocycles. The highest BCUT2D eigenvalue weighted by Gasteiger charge is 1.95. The highest BCUT2D eigenvalue weighted by atomic mass is 14.7. The Balaban J connectivity index is 0.000000791. The van der Waals surface area contributed by atoms with Crippen LogP contribution in [0.25, 0.3) is 12.2 Å². The summed E-state index contributed by atoms with van der Waals surface area (Å²) in [5.74, 6) is 0. The van der Waals surface area contributed by atoms with Gasteiger partial charge < -0.3 is 0 Å². The molecule has 1 aromatic heterocycles. The first-order chi connectivity index (χ1) is 6.77. The smallest absolute Gasteiger partial charge is 0.0696 e. The molecule has 0 aromatic carbocycles. The van der Waals surface area contributed by atoms with Crippen molar-refractivity contribution in [1.82, 2.24) is 4.98 Å². The maximum Gasteiger partial charge on any atom is 0.0696 e. The molecule has 0 amide bonds. The third-order valence-corrected chi connectivity index (χ3v) is 1.63. The van der Waals surface area contributed by atoms with Gasteiger partial charge in [-0.2, -0.15) is 0 Å². The van der Waals surface area contributed by atoms with E-state index >= 15 is 0 Å². The fourth-order valence-corrected chi connectivity index (χ4v) is 1.09. The number of hydrogen-bond acceptors (Lipinski definition) is 1. The third kappa shape index (κ3) is 3.56. The minimum atomic E-state index is 0.943. The van der Waals surface area contributed by atoms with E-state index < -0.39 is 0 Å². The van der Waals surface area contributed by atoms with Crippen LogP contribution in [-0.2, 0) is 0 Å². The standard InChI is InChI=1S/C11H13N.C2H6/c1-4-6-10-7-9(3)8-12-11(10)5-2;1-2/h4-8H,2H2,1,3H3;1-2H3/b6-4-;.